The first-order chi connectivity index (χ1) is 15.7. The molecule has 2 aromatic heterocycles. The molecule has 5 rings (SSSR count). The third kappa shape index (κ3) is 4.02. The fraction of sp³-hybridized carbons (Fsp3) is 0.333. The van der Waals surface area contributed by atoms with Crippen molar-refractivity contribution in [1.82, 2.24) is 9.97 Å². The van der Waals surface area contributed by atoms with E-state index in [-0.39, 0.29) is 22.6 Å². The summed E-state index contributed by atoms with van der Waals surface area (Å²) in [5.74, 6) is 0.666. The highest BCUT2D eigenvalue weighted by Crippen LogP contribution is 2.50. The Kier molecular flexibility index (Phi) is 5.25. The van der Waals surface area contributed by atoms with Crippen LogP contribution in [0.2, 0.25) is 0 Å². The standard InChI is InChI=1S/C24H23ClN4O3S/c1-24(2)10-33-22(29-24)13-5-11(14-7-16(14)20(25)30)4-12(6-13)18-8-15-17(23(31)32-3)9-27-21(26)19(15)28-18/h4-6,8-9,14,16,28H,7,10H2,1-3H3,(H2,26,27). The summed E-state index contributed by atoms with van der Waals surface area (Å²) in [7, 11) is 1.33. The Morgan fingerprint density at radius 2 is 2.00 bits per heavy atom. The molecule has 1 saturated carbocycles. The number of carbonyl (C=O) groups is 2. The van der Waals surface area contributed by atoms with Gasteiger partial charge in [-0.15, -0.1) is 11.8 Å². The molecule has 9 heteroatoms. The highest BCUT2D eigenvalue weighted by molar-refractivity contribution is 8.14. The van der Waals surface area contributed by atoms with E-state index >= 15 is 0 Å². The highest BCUT2D eigenvalue weighted by Gasteiger charge is 2.43. The van der Waals surface area contributed by atoms with Gasteiger partial charge in [0.25, 0.3) is 0 Å². The van der Waals surface area contributed by atoms with E-state index in [1.54, 1.807) is 11.8 Å². The summed E-state index contributed by atoms with van der Waals surface area (Å²) in [5.41, 5.74) is 10.6. The highest BCUT2D eigenvalue weighted by atomic mass is 35.5. The van der Waals surface area contributed by atoms with Crippen molar-refractivity contribution < 1.29 is 14.3 Å². The Morgan fingerprint density at radius 3 is 2.64 bits per heavy atom. The van der Waals surface area contributed by atoms with E-state index in [1.165, 1.54) is 13.3 Å². The van der Waals surface area contributed by atoms with Crippen molar-refractivity contribution in [2.24, 2.45) is 10.9 Å². The summed E-state index contributed by atoms with van der Waals surface area (Å²) < 4.78 is 4.90. The van der Waals surface area contributed by atoms with Crippen molar-refractivity contribution in [2.45, 2.75) is 31.7 Å². The maximum atomic E-state index is 12.2. The van der Waals surface area contributed by atoms with Gasteiger partial charge in [0.15, 0.2) is 0 Å². The number of nitrogen functional groups attached to an aromatic ring is 1. The van der Waals surface area contributed by atoms with Crippen LogP contribution in [-0.2, 0) is 9.53 Å². The Bertz CT molecular complexity index is 1350. The normalized spacial score (nSPS) is 21.2. The number of hydrogen-bond donors (Lipinski definition) is 2. The third-order valence-electron chi connectivity index (χ3n) is 6.09. The lowest BCUT2D eigenvalue weighted by Gasteiger charge is -2.10. The number of H-pyrrole nitrogens is 1. The number of nitrogens with zero attached hydrogens (tertiary/aromatic N) is 2. The second-order valence-corrected chi connectivity index (χ2v) is 10.5. The van der Waals surface area contributed by atoms with Crippen LogP contribution < -0.4 is 5.73 Å². The molecular weight excluding hydrogens is 460 g/mol. The molecule has 1 fully saturated rings. The smallest absolute Gasteiger partial charge is 0.340 e. The fourth-order valence-electron chi connectivity index (χ4n) is 4.26. The Morgan fingerprint density at radius 1 is 1.24 bits per heavy atom. The van der Waals surface area contributed by atoms with Crippen LogP contribution >= 0.6 is 23.4 Å². The number of pyridine rings is 1. The number of fused-ring (bicyclic) bond motifs is 1. The number of rotatable bonds is 5. The van der Waals surface area contributed by atoms with Gasteiger partial charge < -0.3 is 15.5 Å². The lowest BCUT2D eigenvalue weighted by molar-refractivity contribution is -0.112. The molecule has 3 heterocycles. The largest absolute Gasteiger partial charge is 0.465 e. The SMILES string of the molecule is COC(=O)c1cnc(N)c2[nH]c(-c3cc(C4=NC(C)(C)CS4)cc(C4CC4C(=O)Cl)c3)cc12. The summed E-state index contributed by atoms with van der Waals surface area (Å²) in [6.45, 7) is 4.23. The molecular formula is C24H23ClN4O3S. The van der Waals surface area contributed by atoms with Crippen LogP contribution in [0.5, 0.6) is 0 Å². The predicted molar refractivity (Wildman–Crippen MR) is 132 cm³/mol. The van der Waals surface area contributed by atoms with Gasteiger partial charge in [-0.3, -0.25) is 9.79 Å². The molecule has 3 N–H and O–H groups in total. The van der Waals surface area contributed by atoms with Crippen molar-refractivity contribution in [3.63, 3.8) is 0 Å². The molecule has 7 nitrogen and oxygen atoms in total. The zero-order valence-corrected chi connectivity index (χ0v) is 20.0. The molecule has 0 spiro atoms. The molecule has 33 heavy (non-hydrogen) atoms. The van der Waals surface area contributed by atoms with Crippen LogP contribution in [-0.4, -0.2) is 44.6 Å². The average Bonchev–Trinajstić information content (AvgIpc) is 3.33. The number of ether oxygens (including phenoxy) is 1. The van der Waals surface area contributed by atoms with Crippen LogP contribution in [0.1, 0.15) is 47.7 Å². The molecule has 1 aliphatic heterocycles. The second-order valence-electron chi connectivity index (χ2n) is 9.13. The predicted octanol–water partition coefficient (Wildman–Crippen LogP) is 4.74. The first-order valence-corrected chi connectivity index (χ1v) is 12.0. The number of thioether (sulfide) groups is 1. The zero-order valence-electron chi connectivity index (χ0n) is 18.4. The summed E-state index contributed by atoms with van der Waals surface area (Å²) in [6.07, 6.45) is 2.17. The topological polar surface area (TPSA) is 110 Å². The van der Waals surface area contributed by atoms with Gasteiger partial charge in [0.2, 0.25) is 5.24 Å². The second kappa shape index (κ2) is 7.88. The van der Waals surface area contributed by atoms with E-state index in [2.05, 4.69) is 42.0 Å². The Hall–Kier alpha value is -2.84. The van der Waals surface area contributed by atoms with E-state index in [0.717, 1.165) is 39.6 Å². The number of aliphatic imine (C=N–C) groups is 1. The quantitative estimate of drug-likeness (QED) is 0.401. The van der Waals surface area contributed by atoms with Gasteiger partial charge in [0, 0.05) is 34.5 Å². The molecule has 0 saturated heterocycles. The zero-order chi connectivity index (χ0) is 23.5. The van der Waals surface area contributed by atoms with Gasteiger partial charge in [0.05, 0.1) is 28.8 Å². The minimum absolute atomic E-state index is 0.0930. The molecule has 1 aromatic carbocycles. The average molecular weight is 483 g/mol. The molecule has 0 amide bonds. The van der Waals surface area contributed by atoms with Gasteiger partial charge in [0.1, 0.15) is 5.82 Å². The van der Waals surface area contributed by atoms with Crippen LogP contribution in [0.15, 0.2) is 35.5 Å². The van der Waals surface area contributed by atoms with Crippen molar-refractivity contribution in [2.75, 3.05) is 18.6 Å². The molecule has 0 radical (unpaired) electrons. The summed E-state index contributed by atoms with van der Waals surface area (Å²) in [6, 6.07) is 8.13. The molecule has 2 unspecified atom stereocenters. The number of hydrogen-bond acceptors (Lipinski definition) is 7. The molecule has 2 atom stereocenters. The van der Waals surface area contributed by atoms with E-state index in [9.17, 15) is 9.59 Å². The maximum absolute atomic E-state index is 12.2. The third-order valence-corrected chi connectivity index (χ3v) is 7.82. The number of nitrogens with one attached hydrogen (secondary N) is 1. The lowest BCUT2D eigenvalue weighted by Crippen LogP contribution is -2.15. The number of anilines is 1. The number of benzene rings is 1. The first-order valence-electron chi connectivity index (χ1n) is 10.6. The number of methoxy groups -OCH3 is 1. The van der Waals surface area contributed by atoms with E-state index < -0.39 is 5.97 Å². The van der Waals surface area contributed by atoms with Crippen molar-refractivity contribution in [1.29, 1.82) is 0 Å². The Labute approximate surface area is 200 Å². The van der Waals surface area contributed by atoms with Gasteiger partial charge in [-0.25, -0.2) is 9.78 Å². The van der Waals surface area contributed by atoms with Crippen LogP contribution in [0, 0.1) is 5.92 Å². The van der Waals surface area contributed by atoms with E-state index in [1.807, 2.05) is 6.07 Å². The Balaban J connectivity index is 1.65. The van der Waals surface area contributed by atoms with Crippen molar-refractivity contribution in [3.05, 3.63) is 47.2 Å². The fourth-order valence-corrected chi connectivity index (χ4v) is 5.65. The van der Waals surface area contributed by atoms with Crippen LogP contribution in [0.3, 0.4) is 0 Å². The van der Waals surface area contributed by atoms with E-state index in [0.29, 0.717) is 22.3 Å². The maximum Gasteiger partial charge on any atom is 0.340 e. The summed E-state index contributed by atoms with van der Waals surface area (Å²) >= 11 is 7.50. The van der Waals surface area contributed by atoms with Gasteiger partial charge in [-0.2, -0.15) is 0 Å². The number of aromatic amines is 1. The van der Waals surface area contributed by atoms with Crippen molar-refractivity contribution in [3.8, 4) is 11.3 Å². The van der Waals surface area contributed by atoms with Crippen LogP contribution in [0.4, 0.5) is 5.82 Å². The van der Waals surface area contributed by atoms with E-state index in [4.69, 9.17) is 27.1 Å². The van der Waals surface area contributed by atoms with Gasteiger partial charge >= 0.3 is 5.97 Å². The number of esters is 1. The number of carbonyl (C=O) groups excluding carboxylic acids is 2. The number of nitrogens with two attached hydrogens (primary N) is 1. The summed E-state index contributed by atoms with van der Waals surface area (Å²) in [5, 5.41) is 1.32. The minimum Gasteiger partial charge on any atom is -0.465 e. The van der Waals surface area contributed by atoms with Crippen LogP contribution in [0.25, 0.3) is 22.2 Å². The molecule has 1 aliphatic carbocycles. The molecule has 0 bridgehead atoms. The number of halogens is 1. The van der Waals surface area contributed by atoms with Gasteiger partial charge in [-0.05, 0) is 73.2 Å². The number of aromatic nitrogens is 2. The lowest BCUT2D eigenvalue weighted by atomic mass is 9.99. The first kappa shape index (κ1) is 22.0. The van der Waals surface area contributed by atoms with Crippen molar-refractivity contribution >= 4 is 56.3 Å². The minimum atomic E-state index is -0.479. The molecule has 170 valence electrons. The molecule has 2 aliphatic rings. The summed E-state index contributed by atoms with van der Waals surface area (Å²) in [4.78, 5) is 36.3. The molecule has 3 aromatic rings. The monoisotopic (exact) mass is 482 g/mol. The van der Waals surface area contributed by atoms with Gasteiger partial charge in [-0.1, -0.05) is 0 Å².